The Hall–Kier alpha value is -2.87. The summed E-state index contributed by atoms with van der Waals surface area (Å²) in [6.45, 7) is 6.69. The molecule has 1 aliphatic rings. The lowest BCUT2D eigenvalue weighted by Gasteiger charge is -2.29. The fraction of sp³-hybridized carbons (Fsp3) is 0.542. The quantitative estimate of drug-likeness (QED) is 0.240. The van der Waals surface area contributed by atoms with Gasteiger partial charge in [-0.2, -0.15) is 5.09 Å². The third-order valence-corrected chi connectivity index (χ3v) is 7.25. The van der Waals surface area contributed by atoms with E-state index >= 15 is 4.39 Å². The lowest BCUT2D eigenvalue weighted by atomic mass is 9.95. The Labute approximate surface area is 223 Å². The van der Waals surface area contributed by atoms with Crippen LogP contribution in [-0.2, 0) is 23.4 Å². The summed E-state index contributed by atoms with van der Waals surface area (Å²) in [5, 5.41) is 23.8. The van der Waals surface area contributed by atoms with E-state index in [0.717, 1.165) is 19.2 Å². The van der Waals surface area contributed by atoms with E-state index in [1.807, 2.05) is 25.8 Å². The Morgan fingerprint density at radius 2 is 1.92 bits per heavy atom. The number of alkyl halides is 1. The van der Waals surface area contributed by atoms with E-state index in [9.17, 15) is 29.2 Å². The number of para-hydroxylation sites is 1. The van der Waals surface area contributed by atoms with E-state index in [4.69, 9.17) is 18.5 Å². The average Bonchev–Trinajstić information content (AvgIpc) is 3.02. The Balaban J connectivity index is 1.83. The molecule has 4 N–H and O–H groups in total. The number of halogens is 1. The van der Waals surface area contributed by atoms with Crippen LogP contribution in [0.5, 0.6) is 5.75 Å². The van der Waals surface area contributed by atoms with Crippen LogP contribution in [0.3, 0.4) is 0 Å². The first-order chi connectivity index (χ1) is 18.0. The lowest BCUT2D eigenvalue weighted by Crippen LogP contribution is -2.50. The van der Waals surface area contributed by atoms with Gasteiger partial charge in [0.05, 0.1) is 6.61 Å². The molecule has 216 valence electrons. The standard InChI is InChI=1S/C24H33FN3O10P/c1-15(18(30)35-13-22(2,3)4)27-39(34,38-16-9-7-6-8-10-16)36-14-24(25)19(31)23(5,33)20(37-24)28-12-11-17(29)26-21(28)32/h6-12,15,19-20,31,33H,13-14H2,1-5H3,(H,27,34)(H,26,29,32)/t15-,19?,20+,23+,24+,39?/m0/s1. The predicted molar refractivity (Wildman–Crippen MR) is 136 cm³/mol. The van der Waals surface area contributed by atoms with Crippen molar-refractivity contribution in [3.05, 3.63) is 63.4 Å². The minimum Gasteiger partial charge on any atom is -0.464 e. The van der Waals surface area contributed by atoms with Crippen LogP contribution in [-0.4, -0.2) is 62.5 Å². The van der Waals surface area contributed by atoms with E-state index in [0.29, 0.717) is 4.57 Å². The minimum absolute atomic E-state index is 0.0501. The van der Waals surface area contributed by atoms with Crippen LogP contribution in [0.15, 0.2) is 52.2 Å². The Morgan fingerprint density at radius 3 is 2.51 bits per heavy atom. The van der Waals surface area contributed by atoms with E-state index in [2.05, 4.69) is 5.09 Å². The number of rotatable bonds is 10. The molecular formula is C24H33FN3O10P. The molecule has 1 fully saturated rings. The van der Waals surface area contributed by atoms with Gasteiger partial charge in [-0.05, 0) is 31.4 Å². The summed E-state index contributed by atoms with van der Waals surface area (Å²) in [4.78, 5) is 38.0. The number of aromatic amines is 1. The van der Waals surface area contributed by atoms with E-state index in [-0.39, 0.29) is 17.8 Å². The number of aromatic nitrogens is 2. The van der Waals surface area contributed by atoms with Crippen LogP contribution in [0.1, 0.15) is 40.8 Å². The first kappa shape index (κ1) is 30.7. The number of ether oxygens (including phenoxy) is 2. The fourth-order valence-electron chi connectivity index (χ4n) is 3.59. The maximum absolute atomic E-state index is 15.9. The number of aliphatic hydroxyl groups is 2. The van der Waals surface area contributed by atoms with Crippen LogP contribution in [0.25, 0.3) is 0 Å². The maximum atomic E-state index is 15.9. The van der Waals surface area contributed by atoms with Crippen LogP contribution >= 0.6 is 7.75 Å². The molecule has 0 bridgehead atoms. The molecule has 0 spiro atoms. The summed E-state index contributed by atoms with van der Waals surface area (Å²) in [5.41, 5.74) is -4.52. The van der Waals surface area contributed by atoms with Crippen molar-refractivity contribution in [3.8, 4) is 5.75 Å². The summed E-state index contributed by atoms with van der Waals surface area (Å²) in [5.74, 6) is -3.94. The Morgan fingerprint density at radius 1 is 1.28 bits per heavy atom. The molecule has 1 aromatic carbocycles. The summed E-state index contributed by atoms with van der Waals surface area (Å²) >= 11 is 0. The fourth-order valence-corrected chi connectivity index (χ4v) is 5.09. The van der Waals surface area contributed by atoms with Crippen molar-refractivity contribution in [2.75, 3.05) is 13.2 Å². The van der Waals surface area contributed by atoms with Gasteiger partial charge in [0.1, 0.15) is 30.1 Å². The molecule has 13 nitrogen and oxygen atoms in total. The highest BCUT2D eigenvalue weighted by molar-refractivity contribution is 7.52. The zero-order chi connectivity index (χ0) is 29.2. The molecule has 15 heteroatoms. The highest BCUT2D eigenvalue weighted by Crippen LogP contribution is 2.50. The second-order valence-corrected chi connectivity index (χ2v) is 12.3. The van der Waals surface area contributed by atoms with Gasteiger partial charge in [0.15, 0.2) is 6.23 Å². The van der Waals surface area contributed by atoms with E-state index in [1.54, 1.807) is 18.2 Å². The molecule has 0 radical (unpaired) electrons. The molecule has 0 saturated carbocycles. The van der Waals surface area contributed by atoms with Crippen LogP contribution in [0.4, 0.5) is 4.39 Å². The van der Waals surface area contributed by atoms with Crippen molar-refractivity contribution in [1.82, 2.24) is 14.6 Å². The number of hydrogen-bond donors (Lipinski definition) is 4. The normalized spacial score (nSPS) is 27.5. The molecule has 1 saturated heterocycles. The average molecular weight is 574 g/mol. The molecule has 2 heterocycles. The molecule has 0 aliphatic carbocycles. The smallest absolute Gasteiger partial charge is 0.459 e. The first-order valence-electron chi connectivity index (χ1n) is 12.0. The number of benzene rings is 1. The zero-order valence-electron chi connectivity index (χ0n) is 22.1. The van der Waals surface area contributed by atoms with Crippen LogP contribution in [0.2, 0.25) is 0 Å². The maximum Gasteiger partial charge on any atom is 0.459 e. The zero-order valence-corrected chi connectivity index (χ0v) is 23.0. The molecule has 0 amide bonds. The third kappa shape index (κ3) is 7.41. The molecular weight excluding hydrogens is 540 g/mol. The number of aliphatic hydroxyl groups excluding tert-OH is 1. The monoisotopic (exact) mass is 573 g/mol. The van der Waals surface area contributed by atoms with Gasteiger partial charge in [-0.15, -0.1) is 0 Å². The topological polar surface area (TPSA) is 178 Å². The summed E-state index contributed by atoms with van der Waals surface area (Å²) < 4.78 is 51.5. The van der Waals surface area contributed by atoms with Gasteiger partial charge in [0.2, 0.25) is 0 Å². The van der Waals surface area contributed by atoms with E-state index < -0.39 is 61.4 Å². The minimum atomic E-state index is -4.57. The number of nitrogens with one attached hydrogen (secondary N) is 2. The summed E-state index contributed by atoms with van der Waals surface area (Å²) in [7, 11) is -4.57. The van der Waals surface area contributed by atoms with Crippen LogP contribution in [0, 0.1) is 5.41 Å². The van der Waals surface area contributed by atoms with Gasteiger partial charge in [-0.3, -0.25) is 23.7 Å². The van der Waals surface area contributed by atoms with E-state index in [1.165, 1.54) is 19.1 Å². The summed E-state index contributed by atoms with van der Waals surface area (Å²) in [6, 6.07) is 7.40. The molecule has 2 unspecified atom stereocenters. The van der Waals surface area contributed by atoms with Crippen molar-refractivity contribution in [2.45, 2.75) is 64.4 Å². The van der Waals surface area contributed by atoms with Crippen molar-refractivity contribution in [3.63, 3.8) is 0 Å². The molecule has 1 aliphatic heterocycles. The van der Waals surface area contributed by atoms with Crippen molar-refractivity contribution >= 4 is 13.7 Å². The largest absolute Gasteiger partial charge is 0.464 e. The van der Waals surface area contributed by atoms with Crippen molar-refractivity contribution < 1.29 is 42.5 Å². The second kappa shape index (κ2) is 11.3. The summed E-state index contributed by atoms with van der Waals surface area (Å²) in [6.07, 6.45) is -3.16. The molecule has 3 rings (SSSR count). The molecule has 2 aromatic rings. The lowest BCUT2D eigenvalue weighted by molar-refractivity contribution is -0.204. The Kier molecular flexibility index (Phi) is 8.90. The molecule has 39 heavy (non-hydrogen) atoms. The number of H-pyrrole nitrogens is 1. The number of carbonyl (C=O) groups excluding carboxylic acids is 1. The second-order valence-electron chi connectivity index (χ2n) is 10.6. The van der Waals surface area contributed by atoms with Crippen molar-refractivity contribution in [2.24, 2.45) is 5.41 Å². The highest BCUT2D eigenvalue weighted by Gasteiger charge is 2.63. The number of carbonyl (C=O) groups is 1. The number of nitrogens with zero attached hydrogens (tertiary/aromatic N) is 1. The van der Waals surface area contributed by atoms with Gasteiger partial charge < -0.3 is 24.2 Å². The molecule has 6 atom stereocenters. The van der Waals surface area contributed by atoms with Gasteiger partial charge in [0, 0.05) is 12.3 Å². The highest BCUT2D eigenvalue weighted by atomic mass is 31.2. The third-order valence-electron chi connectivity index (χ3n) is 5.63. The van der Waals surface area contributed by atoms with Crippen LogP contribution < -0.4 is 20.9 Å². The van der Waals surface area contributed by atoms with Gasteiger partial charge in [0.25, 0.3) is 11.4 Å². The first-order valence-corrected chi connectivity index (χ1v) is 13.5. The SMILES string of the molecule is C[C@H](NP(=O)(OC[C@@]1(F)O[C@@H](n2ccc(=O)[nH]c2=O)[C@](C)(O)C1O)Oc1ccccc1)C(=O)OCC(C)(C)C. The van der Waals surface area contributed by atoms with Gasteiger partial charge >= 0.3 is 19.4 Å². The molecule has 1 aromatic heterocycles. The number of esters is 1. The number of hydrogen-bond acceptors (Lipinski definition) is 10. The predicted octanol–water partition coefficient (Wildman–Crippen LogP) is 1.61. The van der Waals surface area contributed by atoms with Crippen molar-refractivity contribution in [1.29, 1.82) is 0 Å². The van der Waals surface area contributed by atoms with Gasteiger partial charge in [-0.1, -0.05) is 39.0 Å². The van der Waals surface area contributed by atoms with Gasteiger partial charge in [-0.25, -0.2) is 13.8 Å². The Bertz CT molecular complexity index is 1330.